The Labute approximate surface area is 110 Å². The number of hydrogen-bond donors (Lipinski definition) is 1. The van der Waals surface area contributed by atoms with E-state index in [0.29, 0.717) is 5.69 Å². The molecule has 108 valence electrons. The van der Waals surface area contributed by atoms with E-state index in [9.17, 15) is 22.4 Å². The Balaban J connectivity index is 2.83. The van der Waals surface area contributed by atoms with Crippen LogP contribution in [0.1, 0.15) is 23.0 Å². The number of nitrogens with zero attached hydrogens (tertiary/aromatic N) is 1. The average molecular weight is 300 g/mol. The van der Waals surface area contributed by atoms with Crippen LogP contribution in [0, 0.1) is 6.92 Å². The maximum absolute atomic E-state index is 12.8. The highest BCUT2D eigenvalue weighted by atomic mass is 32.1. The number of halogens is 4. The van der Waals surface area contributed by atoms with E-state index in [-0.39, 0.29) is 17.2 Å². The van der Waals surface area contributed by atoms with E-state index < -0.39 is 24.9 Å². The lowest BCUT2D eigenvalue weighted by molar-refractivity contribution is -0.117. The van der Waals surface area contributed by atoms with E-state index in [4.69, 9.17) is 4.74 Å². The van der Waals surface area contributed by atoms with E-state index in [1.54, 1.807) is 6.92 Å². The maximum Gasteiger partial charge on any atom is 0.343 e. The van der Waals surface area contributed by atoms with Crippen molar-refractivity contribution in [1.82, 2.24) is 4.37 Å². The minimum Gasteiger partial charge on any atom is -0.462 e. The van der Waals surface area contributed by atoms with Gasteiger partial charge in [0.15, 0.2) is 0 Å². The van der Waals surface area contributed by atoms with Crippen LogP contribution in [-0.4, -0.2) is 35.8 Å². The molecule has 0 fully saturated rings. The summed E-state index contributed by atoms with van der Waals surface area (Å²) in [5.74, 6) is -4.90. The lowest BCUT2D eigenvalue weighted by Gasteiger charge is -2.16. The first kappa shape index (κ1) is 15.7. The van der Waals surface area contributed by atoms with Gasteiger partial charge in [-0.05, 0) is 25.4 Å². The summed E-state index contributed by atoms with van der Waals surface area (Å²) in [6.45, 7) is 1.92. The maximum atomic E-state index is 12.8. The number of nitrogens with one attached hydrogen (secondary N) is 1. The first-order chi connectivity index (χ1) is 8.79. The summed E-state index contributed by atoms with van der Waals surface area (Å²) in [5, 5.41) is 2.12. The first-order valence-electron chi connectivity index (χ1n) is 5.32. The van der Waals surface area contributed by atoms with Crippen LogP contribution in [0.25, 0.3) is 0 Å². The molecule has 0 atom stereocenters. The Morgan fingerprint density at radius 3 is 2.68 bits per heavy atom. The molecule has 1 heterocycles. The van der Waals surface area contributed by atoms with Gasteiger partial charge in [0.1, 0.15) is 10.6 Å². The summed E-state index contributed by atoms with van der Waals surface area (Å²) in [6, 6.07) is 0. The summed E-state index contributed by atoms with van der Waals surface area (Å²) in [7, 11) is 0. The molecular formula is C10H12F4N2O2S. The molecule has 0 unspecified atom stereocenters. The Morgan fingerprint density at radius 2 is 2.16 bits per heavy atom. The van der Waals surface area contributed by atoms with Crippen molar-refractivity contribution in [3.05, 3.63) is 11.3 Å². The minimum atomic E-state index is -4.18. The molecule has 1 aromatic rings. The van der Waals surface area contributed by atoms with E-state index in [0.717, 1.165) is 11.5 Å². The van der Waals surface area contributed by atoms with Crippen LogP contribution in [0.2, 0.25) is 0 Å². The molecule has 9 heteroatoms. The fourth-order valence-corrected chi connectivity index (χ4v) is 1.99. The summed E-state index contributed by atoms with van der Waals surface area (Å²) in [6.07, 6.45) is -3.78. The minimum absolute atomic E-state index is 0.00286. The third kappa shape index (κ3) is 3.79. The lowest BCUT2D eigenvalue weighted by atomic mass is 10.2. The van der Waals surface area contributed by atoms with E-state index >= 15 is 0 Å². The van der Waals surface area contributed by atoms with Crippen molar-refractivity contribution in [3.63, 3.8) is 0 Å². The SMILES string of the molecule is CCOC(=O)c1c(C)nsc1NCC(F)(F)C(F)F. The zero-order valence-electron chi connectivity index (χ0n) is 10.2. The topological polar surface area (TPSA) is 51.2 Å². The van der Waals surface area contributed by atoms with Gasteiger partial charge in [-0.1, -0.05) is 0 Å². The number of ether oxygens (including phenoxy) is 1. The molecule has 19 heavy (non-hydrogen) atoms. The summed E-state index contributed by atoms with van der Waals surface area (Å²) in [4.78, 5) is 11.6. The van der Waals surface area contributed by atoms with Gasteiger partial charge in [0.2, 0.25) is 0 Å². The predicted molar refractivity (Wildman–Crippen MR) is 62.2 cm³/mol. The molecule has 0 radical (unpaired) electrons. The standard InChI is InChI=1S/C10H12F4N2O2S/c1-3-18-8(17)6-5(2)16-19-7(6)15-4-10(13,14)9(11)12/h9,15H,3-4H2,1-2H3. The van der Waals surface area contributed by atoms with Gasteiger partial charge in [0, 0.05) is 0 Å². The first-order valence-corrected chi connectivity index (χ1v) is 6.10. The normalized spacial score (nSPS) is 11.7. The molecule has 4 nitrogen and oxygen atoms in total. The molecule has 0 spiro atoms. The van der Waals surface area contributed by atoms with Gasteiger partial charge in [0.05, 0.1) is 18.8 Å². The average Bonchev–Trinajstić information content (AvgIpc) is 2.68. The highest BCUT2D eigenvalue weighted by Crippen LogP contribution is 2.28. The number of anilines is 1. The van der Waals surface area contributed by atoms with E-state index in [1.165, 1.54) is 6.92 Å². The number of carbonyl (C=O) groups excluding carboxylic acids is 1. The highest BCUT2D eigenvalue weighted by Gasteiger charge is 2.40. The second-order valence-corrected chi connectivity index (χ2v) is 4.38. The summed E-state index contributed by atoms with van der Waals surface area (Å²) in [5.41, 5.74) is 0.295. The Hall–Kier alpha value is -1.38. The summed E-state index contributed by atoms with van der Waals surface area (Å²) >= 11 is 0.743. The number of carbonyl (C=O) groups is 1. The fraction of sp³-hybridized carbons (Fsp3) is 0.600. The van der Waals surface area contributed by atoms with Crippen molar-refractivity contribution in [2.24, 2.45) is 0 Å². The molecule has 0 aliphatic carbocycles. The number of aromatic nitrogens is 1. The molecule has 0 saturated carbocycles. The van der Waals surface area contributed by atoms with Crippen LogP contribution in [0.5, 0.6) is 0 Å². The van der Waals surface area contributed by atoms with Gasteiger partial charge < -0.3 is 10.1 Å². The number of alkyl halides is 4. The van der Waals surface area contributed by atoms with Gasteiger partial charge in [-0.25, -0.2) is 13.6 Å². The van der Waals surface area contributed by atoms with Crippen LogP contribution in [-0.2, 0) is 4.74 Å². The largest absolute Gasteiger partial charge is 0.462 e. The molecule has 0 aliphatic heterocycles. The third-order valence-electron chi connectivity index (χ3n) is 2.15. The second kappa shape index (κ2) is 6.18. The zero-order valence-corrected chi connectivity index (χ0v) is 11.0. The van der Waals surface area contributed by atoms with Crippen molar-refractivity contribution >= 4 is 22.5 Å². The lowest BCUT2D eigenvalue weighted by Crippen LogP contribution is -2.34. The van der Waals surface area contributed by atoms with Gasteiger partial charge in [-0.2, -0.15) is 13.2 Å². The Bertz CT molecular complexity index is 451. The van der Waals surface area contributed by atoms with Crippen molar-refractivity contribution in [1.29, 1.82) is 0 Å². The Kier molecular flexibility index (Phi) is 5.10. The van der Waals surface area contributed by atoms with Crippen molar-refractivity contribution in [3.8, 4) is 0 Å². The van der Waals surface area contributed by atoms with Crippen LogP contribution >= 0.6 is 11.5 Å². The van der Waals surface area contributed by atoms with Crippen LogP contribution in [0.3, 0.4) is 0 Å². The molecule has 0 aliphatic rings. The third-order valence-corrected chi connectivity index (χ3v) is 3.04. The molecule has 1 rings (SSSR count). The molecule has 1 aromatic heterocycles. The number of aryl methyl sites for hydroxylation is 1. The van der Waals surface area contributed by atoms with Crippen molar-refractivity contribution < 1.29 is 27.1 Å². The highest BCUT2D eigenvalue weighted by molar-refractivity contribution is 7.10. The number of esters is 1. The fourth-order valence-electron chi connectivity index (χ4n) is 1.21. The van der Waals surface area contributed by atoms with Crippen LogP contribution in [0.15, 0.2) is 0 Å². The predicted octanol–water partition coefficient (Wildman–Crippen LogP) is 2.94. The summed E-state index contributed by atoms with van der Waals surface area (Å²) < 4.78 is 58.1. The van der Waals surface area contributed by atoms with Gasteiger partial charge in [-0.3, -0.25) is 0 Å². The second-order valence-electron chi connectivity index (χ2n) is 3.61. The van der Waals surface area contributed by atoms with Crippen LogP contribution < -0.4 is 5.32 Å². The quantitative estimate of drug-likeness (QED) is 0.648. The molecule has 0 bridgehead atoms. The van der Waals surface area contributed by atoms with E-state index in [1.807, 2.05) is 0 Å². The Morgan fingerprint density at radius 1 is 1.53 bits per heavy atom. The van der Waals surface area contributed by atoms with Crippen molar-refractivity contribution in [2.45, 2.75) is 26.2 Å². The van der Waals surface area contributed by atoms with Crippen molar-refractivity contribution in [2.75, 3.05) is 18.5 Å². The smallest absolute Gasteiger partial charge is 0.343 e. The molecular weight excluding hydrogens is 288 g/mol. The monoisotopic (exact) mass is 300 g/mol. The molecule has 1 N–H and O–H groups in total. The molecule has 0 saturated heterocycles. The van der Waals surface area contributed by atoms with Crippen LogP contribution in [0.4, 0.5) is 22.6 Å². The number of hydrogen-bond acceptors (Lipinski definition) is 5. The number of rotatable bonds is 6. The molecule has 0 amide bonds. The van der Waals surface area contributed by atoms with Gasteiger partial charge >= 0.3 is 18.3 Å². The van der Waals surface area contributed by atoms with E-state index in [2.05, 4.69) is 9.69 Å². The van der Waals surface area contributed by atoms with Gasteiger partial charge in [-0.15, -0.1) is 0 Å². The molecule has 0 aromatic carbocycles. The van der Waals surface area contributed by atoms with Gasteiger partial charge in [0.25, 0.3) is 0 Å². The zero-order chi connectivity index (χ0) is 14.6.